The highest BCUT2D eigenvalue weighted by atomic mass is 79.9. The normalized spacial score (nSPS) is 10.0. The molecule has 1 aromatic heterocycles. The van der Waals surface area contributed by atoms with Gasteiger partial charge in [0, 0.05) is 22.4 Å². The number of nitrogens with one attached hydrogen (secondary N) is 1. The first kappa shape index (κ1) is 11.7. The molecule has 17 heavy (non-hydrogen) atoms. The van der Waals surface area contributed by atoms with Crippen LogP contribution in [0.1, 0.15) is 0 Å². The van der Waals surface area contributed by atoms with Crippen LogP contribution in [0.15, 0.2) is 34.9 Å². The maximum absolute atomic E-state index is 5.57. The van der Waals surface area contributed by atoms with Crippen molar-refractivity contribution in [2.45, 2.75) is 0 Å². The van der Waals surface area contributed by atoms with Gasteiger partial charge in [0.25, 0.3) is 0 Å². The molecule has 0 unspecified atom stereocenters. The van der Waals surface area contributed by atoms with Crippen molar-refractivity contribution in [3.8, 4) is 5.75 Å². The third-order valence-corrected chi connectivity index (χ3v) is 2.50. The van der Waals surface area contributed by atoms with Gasteiger partial charge < -0.3 is 15.8 Å². The molecule has 0 aliphatic heterocycles. The second-order valence-corrected chi connectivity index (χ2v) is 4.23. The summed E-state index contributed by atoms with van der Waals surface area (Å²) in [5.41, 5.74) is 6.39. The van der Waals surface area contributed by atoms with Crippen molar-refractivity contribution < 1.29 is 4.74 Å². The molecule has 88 valence electrons. The fraction of sp³-hybridized carbons (Fsp3) is 0.0909. The third-order valence-electron chi connectivity index (χ3n) is 2.04. The number of methoxy groups -OCH3 is 1. The molecule has 0 spiro atoms. The molecule has 3 N–H and O–H groups in total. The Morgan fingerprint density at radius 1 is 1.35 bits per heavy atom. The highest BCUT2D eigenvalue weighted by molar-refractivity contribution is 9.10. The number of ether oxygens (including phenoxy) is 1. The zero-order valence-electron chi connectivity index (χ0n) is 9.14. The Hall–Kier alpha value is -1.82. The monoisotopic (exact) mass is 294 g/mol. The van der Waals surface area contributed by atoms with E-state index in [2.05, 4.69) is 31.2 Å². The second-order valence-electron chi connectivity index (χ2n) is 3.31. The Kier molecular flexibility index (Phi) is 3.43. The number of benzene rings is 1. The van der Waals surface area contributed by atoms with E-state index in [0.29, 0.717) is 11.8 Å². The van der Waals surface area contributed by atoms with Crippen molar-refractivity contribution in [1.29, 1.82) is 0 Å². The van der Waals surface area contributed by atoms with E-state index < -0.39 is 0 Å². The summed E-state index contributed by atoms with van der Waals surface area (Å²) in [5, 5.41) is 3.05. The molecule has 0 atom stereocenters. The minimum atomic E-state index is 0.421. The highest BCUT2D eigenvalue weighted by Gasteiger charge is 2.02. The first-order valence-electron chi connectivity index (χ1n) is 4.87. The minimum Gasteiger partial charge on any atom is -0.497 e. The molecule has 0 saturated heterocycles. The molecular formula is C11H11BrN4O. The van der Waals surface area contributed by atoms with Crippen LogP contribution in [-0.2, 0) is 0 Å². The summed E-state index contributed by atoms with van der Waals surface area (Å²) < 4.78 is 6.07. The van der Waals surface area contributed by atoms with Gasteiger partial charge in [0.05, 0.1) is 7.11 Å². The largest absolute Gasteiger partial charge is 0.497 e. The Balaban J connectivity index is 2.26. The number of halogens is 1. The third kappa shape index (κ3) is 3.07. The number of nitrogens with two attached hydrogens (primary N) is 1. The van der Waals surface area contributed by atoms with Gasteiger partial charge in [-0.2, -0.15) is 4.98 Å². The Bertz CT molecular complexity index is 533. The summed E-state index contributed by atoms with van der Waals surface area (Å²) >= 11 is 3.40. The van der Waals surface area contributed by atoms with Gasteiger partial charge in [0.2, 0.25) is 5.95 Å². The zero-order valence-corrected chi connectivity index (χ0v) is 10.7. The summed E-state index contributed by atoms with van der Waals surface area (Å²) in [7, 11) is 1.61. The number of hydrogen-bond donors (Lipinski definition) is 2. The molecular weight excluding hydrogens is 284 g/mol. The minimum absolute atomic E-state index is 0.421. The van der Waals surface area contributed by atoms with Crippen LogP contribution < -0.4 is 15.8 Å². The van der Waals surface area contributed by atoms with Gasteiger partial charge in [-0.15, -0.1) is 0 Å². The predicted molar refractivity (Wildman–Crippen MR) is 70.4 cm³/mol. The van der Waals surface area contributed by atoms with Crippen LogP contribution in [-0.4, -0.2) is 17.1 Å². The zero-order chi connectivity index (χ0) is 12.3. The number of nitrogens with zero attached hydrogens (tertiary/aromatic N) is 2. The van der Waals surface area contributed by atoms with Crippen LogP contribution in [0.4, 0.5) is 17.5 Å². The molecule has 0 radical (unpaired) electrons. The average Bonchev–Trinajstić information content (AvgIpc) is 2.28. The number of anilines is 3. The first-order chi connectivity index (χ1) is 8.17. The van der Waals surface area contributed by atoms with Crippen LogP contribution in [0.5, 0.6) is 5.75 Å². The van der Waals surface area contributed by atoms with Gasteiger partial charge in [-0.1, -0.05) is 15.9 Å². The van der Waals surface area contributed by atoms with E-state index in [9.17, 15) is 0 Å². The summed E-state index contributed by atoms with van der Waals surface area (Å²) in [6, 6.07) is 7.24. The topological polar surface area (TPSA) is 73.1 Å². The Morgan fingerprint density at radius 3 is 2.88 bits per heavy atom. The summed E-state index contributed by atoms with van der Waals surface area (Å²) in [5.74, 6) is 1.61. The van der Waals surface area contributed by atoms with Crippen molar-refractivity contribution in [2.75, 3.05) is 18.2 Å². The molecule has 0 fully saturated rings. The van der Waals surface area contributed by atoms with Crippen molar-refractivity contribution >= 4 is 33.4 Å². The first-order valence-corrected chi connectivity index (χ1v) is 5.67. The van der Waals surface area contributed by atoms with Gasteiger partial charge in [0.15, 0.2) is 0 Å². The molecule has 0 saturated carbocycles. The van der Waals surface area contributed by atoms with Crippen LogP contribution >= 0.6 is 15.9 Å². The maximum Gasteiger partial charge on any atom is 0.229 e. The Labute approximate surface area is 107 Å². The van der Waals surface area contributed by atoms with Gasteiger partial charge >= 0.3 is 0 Å². The Morgan fingerprint density at radius 2 is 2.18 bits per heavy atom. The predicted octanol–water partition coefficient (Wildman–Crippen LogP) is 2.57. The van der Waals surface area contributed by atoms with E-state index in [0.717, 1.165) is 15.9 Å². The molecule has 2 rings (SSSR count). The van der Waals surface area contributed by atoms with Crippen LogP contribution in [0, 0.1) is 0 Å². The van der Waals surface area contributed by atoms with E-state index in [-0.39, 0.29) is 0 Å². The molecule has 1 heterocycles. The van der Waals surface area contributed by atoms with E-state index in [4.69, 9.17) is 10.5 Å². The van der Waals surface area contributed by atoms with E-state index in [1.807, 2.05) is 18.2 Å². The van der Waals surface area contributed by atoms with Crippen molar-refractivity contribution in [3.05, 3.63) is 34.9 Å². The standard InChI is InChI=1S/C11H11BrN4O/c1-17-9-5-7(12)4-8(6-9)15-11-14-3-2-10(13)16-11/h2-6H,1H3,(H3,13,14,15,16). The second kappa shape index (κ2) is 5.01. The van der Waals surface area contributed by atoms with Gasteiger partial charge in [-0.3, -0.25) is 0 Å². The smallest absolute Gasteiger partial charge is 0.229 e. The van der Waals surface area contributed by atoms with Crippen LogP contribution in [0.2, 0.25) is 0 Å². The van der Waals surface area contributed by atoms with Crippen molar-refractivity contribution in [3.63, 3.8) is 0 Å². The lowest BCUT2D eigenvalue weighted by molar-refractivity contribution is 0.415. The van der Waals surface area contributed by atoms with E-state index in [1.54, 1.807) is 19.4 Å². The average molecular weight is 295 g/mol. The fourth-order valence-corrected chi connectivity index (χ4v) is 1.79. The van der Waals surface area contributed by atoms with E-state index in [1.165, 1.54) is 0 Å². The highest BCUT2D eigenvalue weighted by Crippen LogP contribution is 2.25. The quantitative estimate of drug-likeness (QED) is 0.910. The lowest BCUT2D eigenvalue weighted by Gasteiger charge is -2.07. The summed E-state index contributed by atoms with van der Waals surface area (Å²) in [6.45, 7) is 0. The molecule has 0 aliphatic carbocycles. The van der Waals surface area contributed by atoms with Crippen molar-refractivity contribution in [1.82, 2.24) is 9.97 Å². The molecule has 0 amide bonds. The number of aromatic nitrogens is 2. The molecule has 0 aliphatic rings. The molecule has 1 aromatic carbocycles. The maximum atomic E-state index is 5.57. The molecule has 6 heteroatoms. The molecule has 0 bridgehead atoms. The van der Waals surface area contributed by atoms with Crippen LogP contribution in [0.25, 0.3) is 0 Å². The van der Waals surface area contributed by atoms with Gasteiger partial charge in [-0.05, 0) is 18.2 Å². The molecule has 5 nitrogen and oxygen atoms in total. The lowest BCUT2D eigenvalue weighted by atomic mass is 10.3. The van der Waals surface area contributed by atoms with Crippen LogP contribution in [0.3, 0.4) is 0 Å². The number of nitrogen functional groups attached to an aromatic ring is 1. The van der Waals surface area contributed by atoms with Gasteiger partial charge in [-0.25, -0.2) is 4.98 Å². The number of hydrogen-bond acceptors (Lipinski definition) is 5. The van der Waals surface area contributed by atoms with Gasteiger partial charge in [0.1, 0.15) is 11.6 Å². The van der Waals surface area contributed by atoms with Crippen molar-refractivity contribution in [2.24, 2.45) is 0 Å². The summed E-state index contributed by atoms with van der Waals surface area (Å²) in [6.07, 6.45) is 1.60. The fourth-order valence-electron chi connectivity index (χ4n) is 1.31. The molecule has 2 aromatic rings. The lowest BCUT2D eigenvalue weighted by Crippen LogP contribution is -1.99. The summed E-state index contributed by atoms with van der Waals surface area (Å²) in [4.78, 5) is 8.11. The SMILES string of the molecule is COc1cc(Br)cc(Nc2nccc(N)n2)c1. The number of rotatable bonds is 3. The van der Waals surface area contributed by atoms with E-state index >= 15 is 0 Å².